The van der Waals surface area contributed by atoms with Gasteiger partial charge in [0.05, 0.1) is 6.54 Å². The minimum Gasteiger partial charge on any atom is -0.351 e. The van der Waals surface area contributed by atoms with Crippen LogP contribution in [-0.2, 0) is 11.3 Å². The lowest BCUT2D eigenvalue weighted by Gasteiger charge is -2.31. The quantitative estimate of drug-likeness (QED) is 0.836. The number of hydrogen-bond donors (Lipinski definition) is 2. The first-order valence-electron chi connectivity index (χ1n) is 7.56. The molecule has 2 rings (SSSR count). The van der Waals surface area contributed by atoms with E-state index in [9.17, 15) is 9.18 Å². The molecule has 4 nitrogen and oxygen atoms in total. The summed E-state index contributed by atoms with van der Waals surface area (Å²) in [6.07, 6.45) is 2.25. The highest BCUT2D eigenvalue weighted by atomic mass is 35.5. The smallest absolute Gasteiger partial charge is 0.234 e. The molecule has 1 aliphatic rings. The summed E-state index contributed by atoms with van der Waals surface area (Å²) in [6, 6.07) is 6.53. The first kappa shape index (κ1) is 18.9. The third-order valence-corrected chi connectivity index (χ3v) is 4.00. The number of rotatable bonds is 6. The summed E-state index contributed by atoms with van der Waals surface area (Å²) in [4.78, 5) is 14.1. The van der Waals surface area contributed by atoms with Gasteiger partial charge in [0, 0.05) is 12.1 Å². The molecule has 1 aromatic carbocycles. The van der Waals surface area contributed by atoms with Crippen LogP contribution in [0.1, 0.15) is 18.4 Å². The minimum absolute atomic E-state index is 0. The Hall–Kier alpha value is -1.17. The molecule has 6 heteroatoms. The third kappa shape index (κ3) is 5.91. The van der Waals surface area contributed by atoms with E-state index in [4.69, 9.17) is 0 Å². The van der Waals surface area contributed by atoms with Crippen molar-refractivity contribution in [2.24, 2.45) is 5.92 Å². The Morgan fingerprint density at radius 3 is 2.64 bits per heavy atom. The van der Waals surface area contributed by atoms with E-state index < -0.39 is 0 Å². The van der Waals surface area contributed by atoms with Gasteiger partial charge >= 0.3 is 0 Å². The summed E-state index contributed by atoms with van der Waals surface area (Å²) in [5.74, 6) is 0.406. The molecule has 1 fully saturated rings. The van der Waals surface area contributed by atoms with Gasteiger partial charge in [-0.25, -0.2) is 4.39 Å². The molecule has 2 N–H and O–H groups in total. The zero-order valence-electron chi connectivity index (χ0n) is 13.0. The fraction of sp³-hybridized carbons (Fsp3) is 0.562. The molecule has 1 amide bonds. The lowest BCUT2D eigenvalue weighted by Crippen LogP contribution is -2.42. The fourth-order valence-corrected chi connectivity index (χ4v) is 2.73. The molecule has 0 aromatic heterocycles. The van der Waals surface area contributed by atoms with Crippen molar-refractivity contribution in [1.29, 1.82) is 0 Å². The molecule has 0 saturated carbocycles. The van der Waals surface area contributed by atoms with Crippen LogP contribution in [0.15, 0.2) is 24.3 Å². The normalized spacial score (nSPS) is 16.1. The van der Waals surface area contributed by atoms with Crippen LogP contribution in [-0.4, -0.2) is 44.0 Å². The number of hydrogen-bond acceptors (Lipinski definition) is 3. The van der Waals surface area contributed by atoms with Gasteiger partial charge in [-0.3, -0.25) is 9.69 Å². The van der Waals surface area contributed by atoms with Crippen molar-refractivity contribution in [3.63, 3.8) is 0 Å². The molecule has 1 aromatic rings. The number of halogens is 2. The Bertz CT molecular complexity index is 464. The number of nitrogens with zero attached hydrogens (tertiary/aromatic N) is 1. The molecule has 1 heterocycles. The van der Waals surface area contributed by atoms with Gasteiger partial charge in [-0.1, -0.05) is 18.2 Å². The van der Waals surface area contributed by atoms with Crippen LogP contribution in [0, 0.1) is 11.7 Å². The maximum Gasteiger partial charge on any atom is 0.234 e. The predicted molar refractivity (Wildman–Crippen MR) is 88.6 cm³/mol. The van der Waals surface area contributed by atoms with Gasteiger partial charge in [0.1, 0.15) is 5.82 Å². The van der Waals surface area contributed by atoms with Crippen LogP contribution in [0.25, 0.3) is 0 Å². The number of nitrogens with one attached hydrogen (secondary N) is 2. The molecule has 0 bridgehead atoms. The summed E-state index contributed by atoms with van der Waals surface area (Å²) in [5.41, 5.74) is 0.526. The number of piperidine rings is 1. The predicted octanol–water partition coefficient (Wildman–Crippen LogP) is 1.80. The van der Waals surface area contributed by atoms with Crippen molar-refractivity contribution in [3.05, 3.63) is 35.6 Å². The lowest BCUT2D eigenvalue weighted by atomic mass is 9.97. The van der Waals surface area contributed by atoms with Crippen LogP contribution < -0.4 is 10.6 Å². The summed E-state index contributed by atoms with van der Waals surface area (Å²) in [5, 5.41) is 5.99. The maximum absolute atomic E-state index is 13.4. The van der Waals surface area contributed by atoms with Crippen molar-refractivity contribution in [3.8, 4) is 0 Å². The number of carbonyl (C=O) groups is 1. The Balaban J connectivity index is 0.00000242. The standard InChI is InChI=1S/C16H24FN3O.ClH/c1-18-10-13-6-8-20(9-7-13)12-16(21)19-11-14-4-2-3-5-15(14)17;/h2-5,13,18H,6-12H2,1H3,(H,19,21);1H. The summed E-state index contributed by atoms with van der Waals surface area (Å²) in [7, 11) is 1.97. The van der Waals surface area contributed by atoms with Gasteiger partial charge in [0.2, 0.25) is 5.91 Å². The van der Waals surface area contributed by atoms with Crippen LogP contribution in [0.3, 0.4) is 0 Å². The molecular weight excluding hydrogens is 305 g/mol. The van der Waals surface area contributed by atoms with Crippen LogP contribution in [0.4, 0.5) is 4.39 Å². The molecule has 1 aliphatic heterocycles. The van der Waals surface area contributed by atoms with Gasteiger partial charge < -0.3 is 10.6 Å². The molecule has 0 aliphatic carbocycles. The summed E-state index contributed by atoms with van der Waals surface area (Å²) >= 11 is 0. The highest BCUT2D eigenvalue weighted by molar-refractivity contribution is 5.85. The molecule has 0 atom stereocenters. The van der Waals surface area contributed by atoms with Crippen molar-refractivity contribution < 1.29 is 9.18 Å². The molecule has 124 valence electrons. The van der Waals surface area contributed by atoms with Gasteiger partial charge in [-0.15, -0.1) is 12.4 Å². The average Bonchev–Trinajstić information content (AvgIpc) is 2.49. The van der Waals surface area contributed by atoms with Gasteiger partial charge in [0.15, 0.2) is 0 Å². The van der Waals surface area contributed by atoms with Gasteiger partial charge in [-0.2, -0.15) is 0 Å². The number of likely N-dealkylation sites (tertiary alicyclic amines) is 1. The zero-order chi connectivity index (χ0) is 15.1. The van der Waals surface area contributed by atoms with E-state index in [1.807, 2.05) is 7.05 Å². The second-order valence-corrected chi connectivity index (χ2v) is 5.65. The first-order valence-corrected chi connectivity index (χ1v) is 7.56. The van der Waals surface area contributed by atoms with E-state index in [2.05, 4.69) is 15.5 Å². The summed E-state index contributed by atoms with van der Waals surface area (Å²) in [6.45, 7) is 3.62. The highest BCUT2D eigenvalue weighted by Gasteiger charge is 2.20. The van der Waals surface area contributed by atoms with E-state index in [0.29, 0.717) is 18.0 Å². The summed E-state index contributed by atoms with van der Waals surface area (Å²) < 4.78 is 13.4. The van der Waals surface area contributed by atoms with Crippen molar-refractivity contribution in [1.82, 2.24) is 15.5 Å². The molecule has 0 spiro atoms. The van der Waals surface area contributed by atoms with Crippen molar-refractivity contribution in [2.75, 3.05) is 33.2 Å². The SMILES string of the molecule is CNCC1CCN(CC(=O)NCc2ccccc2F)CC1.Cl. The molecule has 0 unspecified atom stereocenters. The Morgan fingerprint density at radius 2 is 2.00 bits per heavy atom. The monoisotopic (exact) mass is 329 g/mol. The van der Waals surface area contributed by atoms with Gasteiger partial charge in [-0.05, 0) is 51.5 Å². The molecular formula is C16H25ClFN3O. The maximum atomic E-state index is 13.4. The number of amides is 1. The largest absolute Gasteiger partial charge is 0.351 e. The van der Waals surface area contributed by atoms with E-state index in [-0.39, 0.29) is 30.7 Å². The lowest BCUT2D eigenvalue weighted by molar-refractivity contribution is -0.122. The first-order chi connectivity index (χ1) is 10.2. The van der Waals surface area contributed by atoms with E-state index >= 15 is 0 Å². The Morgan fingerprint density at radius 1 is 1.32 bits per heavy atom. The van der Waals surface area contributed by atoms with Crippen LogP contribution in [0.5, 0.6) is 0 Å². The minimum atomic E-state index is -0.273. The Labute approximate surface area is 137 Å². The molecule has 1 saturated heterocycles. The van der Waals surface area contributed by atoms with Crippen LogP contribution in [0.2, 0.25) is 0 Å². The van der Waals surface area contributed by atoms with E-state index in [1.165, 1.54) is 6.07 Å². The molecule has 22 heavy (non-hydrogen) atoms. The Kier molecular flexibility index (Phi) is 8.38. The van der Waals surface area contributed by atoms with Crippen molar-refractivity contribution >= 4 is 18.3 Å². The number of carbonyl (C=O) groups excluding carboxylic acids is 1. The fourth-order valence-electron chi connectivity index (χ4n) is 2.73. The van der Waals surface area contributed by atoms with Crippen LogP contribution >= 0.6 is 12.4 Å². The average molecular weight is 330 g/mol. The number of benzene rings is 1. The highest BCUT2D eigenvalue weighted by Crippen LogP contribution is 2.15. The van der Waals surface area contributed by atoms with Gasteiger partial charge in [0.25, 0.3) is 0 Å². The van der Waals surface area contributed by atoms with E-state index in [1.54, 1.807) is 18.2 Å². The molecule has 0 radical (unpaired) electrons. The second-order valence-electron chi connectivity index (χ2n) is 5.65. The van der Waals surface area contributed by atoms with E-state index in [0.717, 1.165) is 32.5 Å². The topological polar surface area (TPSA) is 44.4 Å². The third-order valence-electron chi connectivity index (χ3n) is 4.00. The van der Waals surface area contributed by atoms with Crippen molar-refractivity contribution in [2.45, 2.75) is 19.4 Å². The zero-order valence-corrected chi connectivity index (χ0v) is 13.8. The second kappa shape index (κ2) is 9.77.